The van der Waals surface area contributed by atoms with Gasteiger partial charge in [0, 0.05) is 6.42 Å². The first-order chi connectivity index (χ1) is 9.66. The zero-order chi connectivity index (χ0) is 14.4. The van der Waals surface area contributed by atoms with Crippen molar-refractivity contribution in [1.82, 2.24) is 5.32 Å². The van der Waals surface area contributed by atoms with Crippen LogP contribution in [-0.2, 0) is 4.79 Å². The zero-order valence-corrected chi connectivity index (χ0v) is 12.8. The van der Waals surface area contributed by atoms with Gasteiger partial charge in [0.05, 0.1) is 6.04 Å². The highest BCUT2D eigenvalue weighted by Crippen LogP contribution is 2.31. The lowest BCUT2D eigenvalue weighted by molar-refractivity contribution is -0.123. The van der Waals surface area contributed by atoms with Gasteiger partial charge in [0.2, 0.25) is 5.91 Å². The molecular formula is C18H27NO. The minimum atomic E-state index is 0.0993. The van der Waals surface area contributed by atoms with Crippen molar-refractivity contribution >= 4 is 5.91 Å². The third-order valence-electron chi connectivity index (χ3n) is 4.64. The first kappa shape index (κ1) is 15.1. The first-order valence-corrected chi connectivity index (χ1v) is 8.01. The molecule has 2 nitrogen and oxygen atoms in total. The third kappa shape index (κ3) is 4.36. The molecule has 1 saturated carbocycles. The Labute approximate surface area is 123 Å². The maximum Gasteiger partial charge on any atom is 0.220 e. The van der Waals surface area contributed by atoms with Crippen LogP contribution in [0.2, 0.25) is 0 Å². The fourth-order valence-corrected chi connectivity index (χ4v) is 3.29. The highest BCUT2D eigenvalue weighted by atomic mass is 16.1. The molecular weight excluding hydrogens is 246 g/mol. The third-order valence-corrected chi connectivity index (χ3v) is 4.64. The second kappa shape index (κ2) is 7.47. The molecule has 0 saturated heterocycles. The van der Waals surface area contributed by atoms with Crippen molar-refractivity contribution in [2.45, 2.75) is 58.4 Å². The first-order valence-electron chi connectivity index (χ1n) is 8.01. The maximum atomic E-state index is 12.2. The Morgan fingerprint density at radius 3 is 2.45 bits per heavy atom. The predicted octanol–water partition coefficient (Wildman–Crippen LogP) is 4.47. The van der Waals surface area contributed by atoms with E-state index in [1.54, 1.807) is 0 Å². The largest absolute Gasteiger partial charge is 0.350 e. The number of hydrogen-bond acceptors (Lipinski definition) is 1. The van der Waals surface area contributed by atoms with Crippen molar-refractivity contribution < 1.29 is 4.79 Å². The Kier molecular flexibility index (Phi) is 5.63. The minimum Gasteiger partial charge on any atom is -0.350 e. The maximum absolute atomic E-state index is 12.2. The molecule has 0 unspecified atom stereocenters. The van der Waals surface area contributed by atoms with E-state index in [1.165, 1.54) is 37.7 Å². The van der Waals surface area contributed by atoms with Gasteiger partial charge in [-0.15, -0.1) is 0 Å². The summed E-state index contributed by atoms with van der Waals surface area (Å²) >= 11 is 0. The van der Waals surface area contributed by atoms with E-state index in [0.29, 0.717) is 12.3 Å². The van der Waals surface area contributed by atoms with E-state index in [-0.39, 0.29) is 11.9 Å². The van der Waals surface area contributed by atoms with E-state index >= 15 is 0 Å². The average Bonchev–Trinajstić information content (AvgIpc) is 2.49. The number of nitrogens with one attached hydrogen (secondary N) is 1. The summed E-state index contributed by atoms with van der Waals surface area (Å²) in [6.45, 7) is 4.29. The van der Waals surface area contributed by atoms with Crippen LogP contribution >= 0.6 is 0 Å². The van der Waals surface area contributed by atoms with Crippen molar-refractivity contribution in [2.24, 2.45) is 11.8 Å². The van der Waals surface area contributed by atoms with Gasteiger partial charge in [0.25, 0.3) is 0 Å². The van der Waals surface area contributed by atoms with E-state index in [9.17, 15) is 4.79 Å². The number of benzene rings is 1. The molecule has 0 heterocycles. The van der Waals surface area contributed by atoms with Crippen molar-refractivity contribution in [3.05, 3.63) is 35.9 Å². The molecule has 110 valence electrons. The van der Waals surface area contributed by atoms with Crippen LogP contribution in [0.1, 0.15) is 64.0 Å². The van der Waals surface area contributed by atoms with Crippen molar-refractivity contribution in [2.75, 3.05) is 0 Å². The summed E-state index contributed by atoms with van der Waals surface area (Å²) in [4.78, 5) is 12.2. The summed E-state index contributed by atoms with van der Waals surface area (Å²) in [7, 11) is 0. The molecule has 1 aliphatic carbocycles. The molecule has 20 heavy (non-hydrogen) atoms. The quantitative estimate of drug-likeness (QED) is 0.842. The van der Waals surface area contributed by atoms with Crippen LogP contribution in [0.4, 0.5) is 0 Å². The van der Waals surface area contributed by atoms with E-state index in [1.807, 2.05) is 18.2 Å². The Morgan fingerprint density at radius 1 is 1.15 bits per heavy atom. The second-order valence-corrected chi connectivity index (χ2v) is 6.28. The van der Waals surface area contributed by atoms with E-state index in [4.69, 9.17) is 0 Å². The van der Waals surface area contributed by atoms with Crippen molar-refractivity contribution in [1.29, 1.82) is 0 Å². The van der Waals surface area contributed by atoms with Gasteiger partial charge in [0.1, 0.15) is 0 Å². The standard InChI is InChI=1S/C18H27NO/c1-14(16-9-5-3-6-10-16)13-18(20)19-15(2)17-11-7-4-8-12-17/h4,7-8,11-12,14-16H,3,5-6,9-10,13H2,1-2H3,(H,19,20)/t14-,15-/m1/s1. The van der Waals surface area contributed by atoms with Crippen LogP contribution in [0.25, 0.3) is 0 Å². The Balaban J connectivity index is 1.79. The molecule has 0 radical (unpaired) electrons. The summed E-state index contributed by atoms with van der Waals surface area (Å²) < 4.78 is 0. The van der Waals surface area contributed by atoms with Gasteiger partial charge in [-0.05, 0) is 24.3 Å². The number of rotatable bonds is 5. The summed E-state index contributed by atoms with van der Waals surface area (Å²) in [5.74, 6) is 1.46. The Morgan fingerprint density at radius 2 is 1.80 bits per heavy atom. The van der Waals surface area contributed by atoms with Crippen molar-refractivity contribution in [3.63, 3.8) is 0 Å². The van der Waals surface area contributed by atoms with Gasteiger partial charge in [-0.25, -0.2) is 0 Å². The van der Waals surface area contributed by atoms with E-state index < -0.39 is 0 Å². The normalized spacial score (nSPS) is 19.3. The molecule has 1 amide bonds. The number of hydrogen-bond donors (Lipinski definition) is 1. The monoisotopic (exact) mass is 273 g/mol. The number of carbonyl (C=O) groups excluding carboxylic acids is 1. The second-order valence-electron chi connectivity index (χ2n) is 6.28. The van der Waals surface area contributed by atoms with Gasteiger partial charge in [-0.3, -0.25) is 4.79 Å². The zero-order valence-electron chi connectivity index (χ0n) is 12.8. The van der Waals surface area contributed by atoms with Gasteiger partial charge in [0.15, 0.2) is 0 Å². The van der Waals surface area contributed by atoms with Crippen LogP contribution in [0.5, 0.6) is 0 Å². The molecule has 0 aromatic heterocycles. The lowest BCUT2D eigenvalue weighted by atomic mass is 9.79. The summed E-state index contributed by atoms with van der Waals surface area (Å²) in [5, 5.41) is 3.13. The van der Waals surface area contributed by atoms with Crippen LogP contribution < -0.4 is 5.32 Å². The van der Waals surface area contributed by atoms with Crippen LogP contribution in [0, 0.1) is 11.8 Å². The van der Waals surface area contributed by atoms with Gasteiger partial charge in [-0.2, -0.15) is 0 Å². The van der Waals surface area contributed by atoms with Crippen LogP contribution in [0.15, 0.2) is 30.3 Å². The predicted molar refractivity (Wildman–Crippen MR) is 83.4 cm³/mol. The molecule has 1 aliphatic rings. The SMILES string of the molecule is C[C@H](CC(=O)N[C@H](C)c1ccccc1)C1CCCCC1. The molecule has 0 bridgehead atoms. The van der Waals surface area contributed by atoms with Crippen molar-refractivity contribution in [3.8, 4) is 0 Å². The minimum absolute atomic E-state index is 0.0993. The summed E-state index contributed by atoms with van der Waals surface area (Å²) in [5.41, 5.74) is 1.17. The highest BCUT2D eigenvalue weighted by Gasteiger charge is 2.22. The van der Waals surface area contributed by atoms with Crippen LogP contribution in [-0.4, -0.2) is 5.91 Å². The molecule has 0 aliphatic heterocycles. The Hall–Kier alpha value is -1.31. The Bertz CT molecular complexity index is 409. The molecule has 2 rings (SSSR count). The molecule has 1 aromatic rings. The molecule has 0 spiro atoms. The lowest BCUT2D eigenvalue weighted by Gasteiger charge is -2.27. The van der Waals surface area contributed by atoms with E-state index in [2.05, 4.69) is 31.3 Å². The molecule has 1 fully saturated rings. The van der Waals surface area contributed by atoms with Gasteiger partial charge >= 0.3 is 0 Å². The summed E-state index contributed by atoms with van der Waals surface area (Å²) in [6.07, 6.45) is 7.35. The lowest BCUT2D eigenvalue weighted by Crippen LogP contribution is -2.30. The van der Waals surface area contributed by atoms with Gasteiger partial charge < -0.3 is 5.32 Å². The number of amides is 1. The average molecular weight is 273 g/mol. The fraction of sp³-hybridized carbons (Fsp3) is 0.611. The topological polar surface area (TPSA) is 29.1 Å². The van der Waals surface area contributed by atoms with Gasteiger partial charge in [-0.1, -0.05) is 69.4 Å². The summed E-state index contributed by atoms with van der Waals surface area (Å²) in [6, 6.07) is 10.3. The molecule has 1 aromatic carbocycles. The molecule has 2 atom stereocenters. The van der Waals surface area contributed by atoms with E-state index in [0.717, 1.165) is 5.92 Å². The molecule has 1 N–H and O–H groups in total. The highest BCUT2D eigenvalue weighted by molar-refractivity contribution is 5.76. The number of carbonyl (C=O) groups is 1. The van der Waals surface area contributed by atoms with Crippen LogP contribution in [0.3, 0.4) is 0 Å². The fourth-order valence-electron chi connectivity index (χ4n) is 3.29. The molecule has 2 heteroatoms. The smallest absolute Gasteiger partial charge is 0.220 e.